The zero-order valence-electron chi connectivity index (χ0n) is 6.78. The van der Waals surface area contributed by atoms with Gasteiger partial charge in [-0.3, -0.25) is 10.3 Å². The molecule has 1 aliphatic rings. The quantitative estimate of drug-likeness (QED) is 0.417. The maximum Gasteiger partial charge on any atom is 0.152 e. The molecule has 0 atom stereocenters. The van der Waals surface area contributed by atoms with Crippen molar-refractivity contribution < 1.29 is 8.42 Å². The van der Waals surface area contributed by atoms with E-state index in [0.717, 1.165) is 0 Å². The second-order valence-electron chi connectivity index (χ2n) is 2.95. The molecular formula is C6H13N3O2S. The third-order valence-corrected chi connectivity index (χ3v) is 3.44. The van der Waals surface area contributed by atoms with Gasteiger partial charge < -0.3 is 5.73 Å². The van der Waals surface area contributed by atoms with Gasteiger partial charge in [-0.1, -0.05) is 0 Å². The fraction of sp³-hybridized carbons (Fsp3) is 0.833. The summed E-state index contributed by atoms with van der Waals surface area (Å²) in [7, 11) is -2.80. The first-order valence-electron chi connectivity index (χ1n) is 3.75. The normalized spacial score (nSPS) is 23.7. The highest BCUT2D eigenvalue weighted by molar-refractivity contribution is 7.91. The summed E-state index contributed by atoms with van der Waals surface area (Å²) in [4.78, 5) is 1.88. The summed E-state index contributed by atoms with van der Waals surface area (Å²) in [6.45, 7) is 1.39. The van der Waals surface area contributed by atoms with Crippen molar-refractivity contribution >= 4 is 15.7 Å². The Hall–Kier alpha value is -0.620. The smallest absolute Gasteiger partial charge is 0.152 e. The van der Waals surface area contributed by atoms with E-state index in [2.05, 4.69) is 0 Å². The molecular weight excluding hydrogens is 178 g/mol. The number of amidine groups is 1. The van der Waals surface area contributed by atoms with Crippen LogP contribution >= 0.6 is 0 Å². The molecule has 0 bridgehead atoms. The highest BCUT2D eigenvalue weighted by Crippen LogP contribution is 2.02. The SMILES string of the molecule is N=C(N)CN1CCS(=O)(=O)CC1. The van der Waals surface area contributed by atoms with Crippen molar-refractivity contribution in [3.8, 4) is 0 Å². The minimum atomic E-state index is -2.80. The summed E-state index contributed by atoms with van der Waals surface area (Å²) in [5.41, 5.74) is 5.18. The number of nitrogens with two attached hydrogens (primary N) is 1. The van der Waals surface area contributed by atoms with Gasteiger partial charge in [0.05, 0.1) is 18.1 Å². The molecule has 70 valence electrons. The van der Waals surface area contributed by atoms with E-state index in [1.54, 1.807) is 0 Å². The van der Waals surface area contributed by atoms with Gasteiger partial charge in [0.2, 0.25) is 0 Å². The first kappa shape index (κ1) is 9.47. The van der Waals surface area contributed by atoms with Crippen molar-refractivity contribution in [2.45, 2.75) is 0 Å². The van der Waals surface area contributed by atoms with Gasteiger partial charge in [-0.2, -0.15) is 0 Å². The van der Waals surface area contributed by atoms with Crippen LogP contribution in [0.1, 0.15) is 0 Å². The van der Waals surface area contributed by atoms with Crippen LogP contribution in [0.3, 0.4) is 0 Å². The number of rotatable bonds is 2. The average Bonchev–Trinajstić information content (AvgIpc) is 1.93. The van der Waals surface area contributed by atoms with E-state index in [1.165, 1.54) is 0 Å². The van der Waals surface area contributed by atoms with E-state index < -0.39 is 9.84 Å². The molecule has 1 saturated heterocycles. The Kier molecular flexibility index (Phi) is 2.69. The maximum atomic E-state index is 11.0. The van der Waals surface area contributed by atoms with E-state index in [-0.39, 0.29) is 17.3 Å². The molecule has 5 nitrogen and oxygen atoms in total. The van der Waals surface area contributed by atoms with Crippen LogP contribution < -0.4 is 5.73 Å². The van der Waals surface area contributed by atoms with Crippen LogP contribution in [0.2, 0.25) is 0 Å². The van der Waals surface area contributed by atoms with Crippen LogP contribution in [-0.2, 0) is 9.84 Å². The third kappa shape index (κ3) is 2.78. The molecule has 0 aromatic heterocycles. The zero-order valence-corrected chi connectivity index (χ0v) is 7.60. The molecule has 1 aliphatic heterocycles. The van der Waals surface area contributed by atoms with Crippen molar-refractivity contribution in [3.63, 3.8) is 0 Å². The molecule has 0 radical (unpaired) electrons. The number of sulfone groups is 1. The van der Waals surface area contributed by atoms with Gasteiger partial charge in [0.25, 0.3) is 0 Å². The van der Waals surface area contributed by atoms with E-state index >= 15 is 0 Å². The fourth-order valence-corrected chi connectivity index (χ4v) is 2.43. The molecule has 0 aromatic rings. The van der Waals surface area contributed by atoms with E-state index in [9.17, 15) is 8.42 Å². The van der Waals surface area contributed by atoms with Crippen LogP contribution in [-0.4, -0.2) is 50.3 Å². The van der Waals surface area contributed by atoms with Crippen LogP contribution in [0.25, 0.3) is 0 Å². The van der Waals surface area contributed by atoms with Crippen LogP contribution in [0.5, 0.6) is 0 Å². The van der Waals surface area contributed by atoms with Gasteiger partial charge in [-0.15, -0.1) is 0 Å². The molecule has 6 heteroatoms. The lowest BCUT2D eigenvalue weighted by molar-refractivity contribution is 0.334. The standard InChI is InChI=1S/C6H13N3O2S/c7-6(8)5-9-1-3-12(10,11)4-2-9/h1-5H2,(H3,7,8). The molecule has 0 unspecified atom stereocenters. The lowest BCUT2D eigenvalue weighted by Gasteiger charge is -2.25. The number of hydrogen-bond donors (Lipinski definition) is 2. The molecule has 0 aliphatic carbocycles. The Morgan fingerprint density at radius 2 is 1.92 bits per heavy atom. The minimum Gasteiger partial charge on any atom is -0.387 e. The molecule has 3 N–H and O–H groups in total. The molecule has 0 spiro atoms. The van der Waals surface area contributed by atoms with Crippen molar-refractivity contribution in [1.82, 2.24) is 4.90 Å². The van der Waals surface area contributed by atoms with E-state index in [0.29, 0.717) is 19.6 Å². The van der Waals surface area contributed by atoms with Crippen LogP contribution in [0.4, 0.5) is 0 Å². The maximum absolute atomic E-state index is 11.0. The summed E-state index contributed by atoms with van der Waals surface area (Å²) in [5.74, 6) is 0.481. The highest BCUT2D eigenvalue weighted by atomic mass is 32.2. The monoisotopic (exact) mass is 191 g/mol. The summed E-state index contributed by atoms with van der Waals surface area (Å²) in [6, 6.07) is 0. The molecule has 1 heterocycles. The molecule has 1 rings (SSSR count). The number of nitrogens with zero attached hydrogens (tertiary/aromatic N) is 1. The number of nitrogens with one attached hydrogen (secondary N) is 1. The second-order valence-corrected chi connectivity index (χ2v) is 5.26. The average molecular weight is 191 g/mol. The lowest BCUT2D eigenvalue weighted by Crippen LogP contribution is -2.44. The van der Waals surface area contributed by atoms with Crippen LogP contribution in [0, 0.1) is 5.41 Å². The highest BCUT2D eigenvalue weighted by Gasteiger charge is 2.21. The molecule has 1 fully saturated rings. The van der Waals surface area contributed by atoms with Gasteiger partial charge >= 0.3 is 0 Å². The predicted octanol–water partition coefficient (Wildman–Crippen LogP) is -1.35. The third-order valence-electron chi connectivity index (χ3n) is 1.83. The zero-order chi connectivity index (χ0) is 9.19. The van der Waals surface area contributed by atoms with Gasteiger partial charge in [0.15, 0.2) is 9.84 Å². The van der Waals surface area contributed by atoms with Crippen LogP contribution in [0.15, 0.2) is 0 Å². The Morgan fingerprint density at radius 3 is 2.33 bits per heavy atom. The van der Waals surface area contributed by atoms with Crippen molar-refractivity contribution in [2.24, 2.45) is 5.73 Å². The van der Waals surface area contributed by atoms with E-state index in [1.807, 2.05) is 4.90 Å². The second kappa shape index (κ2) is 3.40. The largest absolute Gasteiger partial charge is 0.387 e. The molecule has 0 aromatic carbocycles. The van der Waals surface area contributed by atoms with Gasteiger partial charge in [-0.25, -0.2) is 8.42 Å². The van der Waals surface area contributed by atoms with Crippen molar-refractivity contribution in [1.29, 1.82) is 5.41 Å². The van der Waals surface area contributed by atoms with Gasteiger partial charge in [0.1, 0.15) is 5.84 Å². The first-order valence-corrected chi connectivity index (χ1v) is 5.57. The van der Waals surface area contributed by atoms with Gasteiger partial charge in [-0.05, 0) is 0 Å². The molecule has 0 amide bonds. The predicted molar refractivity (Wildman–Crippen MR) is 47.0 cm³/mol. The summed E-state index contributed by atoms with van der Waals surface area (Å²) >= 11 is 0. The molecule has 12 heavy (non-hydrogen) atoms. The summed E-state index contributed by atoms with van der Waals surface area (Å²) in [6.07, 6.45) is 0. The number of hydrogen-bond acceptors (Lipinski definition) is 4. The van der Waals surface area contributed by atoms with Gasteiger partial charge in [0, 0.05) is 13.1 Å². The summed E-state index contributed by atoms with van der Waals surface area (Å²) in [5, 5.41) is 7.02. The Bertz CT molecular complexity index is 259. The lowest BCUT2D eigenvalue weighted by atomic mass is 10.4. The topological polar surface area (TPSA) is 87.2 Å². The van der Waals surface area contributed by atoms with Crippen molar-refractivity contribution in [2.75, 3.05) is 31.1 Å². The molecule has 0 saturated carbocycles. The van der Waals surface area contributed by atoms with Crippen molar-refractivity contribution in [3.05, 3.63) is 0 Å². The first-order chi connectivity index (χ1) is 5.49. The fourth-order valence-electron chi connectivity index (χ4n) is 1.15. The Labute approximate surface area is 72.0 Å². The summed E-state index contributed by atoms with van der Waals surface area (Å²) < 4.78 is 21.9. The van der Waals surface area contributed by atoms with E-state index in [4.69, 9.17) is 11.1 Å². The Morgan fingerprint density at radius 1 is 1.42 bits per heavy atom. The minimum absolute atomic E-state index is 0.0919. The Balaban J connectivity index is 2.41.